The zero-order chi connectivity index (χ0) is 38.2. The minimum atomic E-state index is -1.05. The van der Waals surface area contributed by atoms with E-state index in [1.54, 1.807) is 13.0 Å². The number of carbonyl (C=O) groups is 3. The van der Waals surface area contributed by atoms with Crippen molar-refractivity contribution in [1.82, 2.24) is 19.9 Å². The van der Waals surface area contributed by atoms with Gasteiger partial charge in [0.1, 0.15) is 6.07 Å². The predicted octanol–water partition coefficient (Wildman–Crippen LogP) is 8.11. The number of nitrogens with zero attached hydrogens (tertiary/aromatic N) is 5. The van der Waals surface area contributed by atoms with Crippen LogP contribution in [0.4, 0.5) is 0 Å². The number of rotatable bonds is 4. The largest absolute Gasteiger partial charge is 1.00 e. The van der Waals surface area contributed by atoms with Crippen molar-refractivity contribution in [2.75, 3.05) is 6.61 Å². The summed E-state index contributed by atoms with van der Waals surface area (Å²) in [7, 11) is 0. The number of esters is 1. The summed E-state index contributed by atoms with van der Waals surface area (Å²) >= 11 is 29.6. The number of carboxylic acid groups (broad SMARTS) is 1. The van der Waals surface area contributed by atoms with E-state index in [2.05, 4.69) is 19.9 Å². The monoisotopic (exact) mass is 916 g/mol. The molecule has 0 saturated carbocycles. The van der Waals surface area contributed by atoms with Gasteiger partial charge in [-0.25, -0.2) is 9.59 Å². The predicted molar refractivity (Wildman–Crippen MR) is 223 cm³/mol. The number of primary amides is 1. The van der Waals surface area contributed by atoms with E-state index in [0.29, 0.717) is 32.8 Å². The molecule has 0 radical (unpaired) electrons. The molecule has 12 nitrogen and oxygen atoms in total. The van der Waals surface area contributed by atoms with Gasteiger partial charge in [0.05, 0.1) is 89.8 Å². The first-order chi connectivity index (χ1) is 25.5. The molecule has 0 fully saturated rings. The van der Waals surface area contributed by atoms with Crippen LogP contribution in [0.3, 0.4) is 0 Å². The second kappa shape index (κ2) is 22.4. The number of pyridine rings is 4. The van der Waals surface area contributed by atoms with Gasteiger partial charge in [-0.05, 0) is 52.7 Å². The van der Waals surface area contributed by atoms with Crippen LogP contribution >= 0.6 is 91.8 Å². The number of fused-ring (bicyclic) bond motifs is 4. The quantitative estimate of drug-likeness (QED) is 0.127. The Labute approximate surface area is 377 Å². The number of amides is 1. The molecule has 21 heteroatoms. The van der Waals surface area contributed by atoms with Crippen LogP contribution in [0.25, 0.3) is 40.9 Å². The molecule has 4 N–H and O–H groups in total. The fourth-order valence-electron chi connectivity index (χ4n) is 4.28. The molecule has 56 heavy (non-hydrogen) atoms. The smallest absolute Gasteiger partial charge is 0.870 e. The van der Waals surface area contributed by atoms with E-state index in [1.165, 1.54) is 70.1 Å². The van der Waals surface area contributed by atoms with Crippen molar-refractivity contribution in [1.29, 1.82) is 5.26 Å². The minimum Gasteiger partial charge on any atom is -0.870 e. The van der Waals surface area contributed by atoms with Gasteiger partial charge in [0, 0.05) is 24.8 Å². The third-order valence-electron chi connectivity index (χ3n) is 6.76. The van der Waals surface area contributed by atoms with Crippen LogP contribution in [0, 0.1) is 11.3 Å². The average Bonchev–Trinajstić information content (AvgIpc) is 3.97. The van der Waals surface area contributed by atoms with Gasteiger partial charge in [0.2, 0.25) is 0 Å². The molecule has 0 aliphatic rings. The summed E-state index contributed by atoms with van der Waals surface area (Å²) < 4.78 is 8.11. The molecule has 0 aliphatic carbocycles. The molecule has 0 spiro atoms. The zero-order valence-corrected chi connectivity index (χ0v) is 36.4. The first-order valence-corrected chi connectivity index (χ1v) is 19.7. The third kappa shape index (κ3) is 11.1. The number of aromatic nitrogens is 4. The van der Waals surface area contributed by atoms with Gasteiger partial charge < -0.3 is 21.1 Å². The summed E-state index contributed by atoms with van der Waals surface area (Å²) in [6.07, 6.45) is 5.63. The van der Waals surface area contributed by atoms with Crippen LogP contribution in [-0.2, 0) is 4.74 Å². The van der Waals surface area contributed by atoms with Crippen molar-refractivity contribution >= 4 is 150 Å². The molecule has 0 aliphatic heterocycles. The molecule has 8 aromatic heterocycles. The summed E-state index contributed by atoms with van der Waals surface area (Å²) in [6.45, 7) is 2.08. The second-order valence-electron chi connectivity index (χ2n) is 9.98. The molecule has 284 valence electrons. The normalized spacial score (nSPS) is 9.86. The third-order valence-corrected chi connectivity index (χ3v) is 12.5. The van der Waals surface area contributed by atoms with Crippen LogP contribution in [-0.4, -0.2) is 55.0 Å². The Morgan fingerprint density at radius 1 is 0.696 bits per heavy atom. The number of hydrogen-bond acceptors (Lipinski definition) is 14. The van der Waals surface area contributed by atoms with Crippen molar-refractivity contribution in [2.45, 2.75) is 14.4 Å². The summed E-state index contributed by atoms with van der Waals surface area (Å²) in [5, 5.41) is 26.5. The molecular weight excluding hydrogens is 893 g/mol. The number of carboxylic acids is 1. The van der Waals surface area contributed by atoms with Gasteiger partial charge in [-0.1, -0.05) is 53.8 Å². The fourth-order valence-corrected chi connectivity index (χ4v) is 8.84. The zero-order valence-electron chi connectivity index (χ0n) is 28.1. The first-order valence-electron chi connectivity index (χ1n) is 14.6. The van der Waals surface area contributed by atoms with Crippen LogP contribution in [0.5, 0.6) is 0 Å². The topological polar surface area (TPSA) is 212 Å². The second-order valence-corrected chi connectivity index (χ2v) is 15.2. The summed E-state index contributed by atoms with van der Waals surface area (Å²) in [5.41, 5.74) is 9.39. The van der Waals surface area contributed by atoms with Gasteiger partial charge in [0.25, 0.3) is 5.91 Å². The summed E-state index contributed by atoms with van der Waals surface area (Å²) in [5.74, 6) is -2.02. The number of hydrogen-bond donors (Lipinski definition) is 2. The van der Waals surface area contributed by atoms with E-state index in [1.807, 2.05) is 45.8 Å². The Kier molecular flexibility index (Phi) is 19.5. The Morgan fingerprint density at radius 3 is 1.45 bits per heavy atom. The van der Waals surface area contributed by atoms with E-state index in [-0.39, 0.29) is 58.6 Å². The summed E-state index contributed by atoms with van der Waals surface area (Å²) in [6, 6.07) is 9.38. The first kappa shape index (κ1) is 48.6. The standard InChI is InChI=1S/C10H8ClNO2S.C8H5ClN2OS.C8H3ClN2S.C8H4ClNO2S.CH4.Na.H2O/c1-2-14-10(13)6-5-12-7-3-4-15-9(7)8(6)11;9-6-4(8(10)12)3-11-5-1-2-13-7(5)6;9-7-5(3-10)4-11-6-1-2-12-8(6)7;9-6-4(8(11)12)3-10-5-1-2-13-7(5)6;;;/h3-5H,2H2,1H3;1-3H,(H2,10,12);1-2,4H;1-3H,(H,11,12);1H4;;1H2/q;;;;;+1;/p-1. The Bertz CT molecular complexity index is 2590. The number of halogens is 4. The van der Waals surface area contributed by atoms with Gasteiger partial charge >= 0.3 is 41.5 Å². The molecule has 0 saturated heterocycles. The van der Waals surface area contributed by atoms with Crippen molar-refractivity contribution in [3.63, 3.8) is 0 Å². The number of ether oxygens (including phenoxy) is 1. The number of nitrogens with two attached hydrogens (primary N) is 1. The van der Waals surface area contributed by atoms with Crippen LogP contribution < -0.4 is 35.3 Å². The van der Waals surface area contributed by atoms with Crippen molar-refractivity contribution in [2.24, 2.45) is 5.73 Å². The maximum Gasteiger partial charge on any atom is 1.00 e. The molecule has 8 rings (SSSR count). The molecule has 0 bridgehead atoms. The molecule has 1 amide bonds. The Hall–Kier alpha value is -3.54. The van der Waals surface area contributed by atoms with Gasteiger partial charge in [-0.3, -0.25) is 24.7 Å². The molecule has 8 aromatic rings. The van der Waals surface area contributed by atoms with Gasteiger partial charge in [0.15, 0.2) is 0 Å². The Balaban J connectivity index is 0.000000254. The molecule has 0 aromatic carbocycles. The van der Waals surface area contributed by atoms with Gasteiger partial charge in [-0.2, -0.15) is 5.26 Å². The van der Waals surface area contributed by atoms with Crippen molar-refractivity contribution in [3.05, 3.63) is 113 Å². The van der Waals surface area contributed by atoms with E-state index in [4.69, 9.17) is 67.2 Å². The molecule has 0 unspecified atom stereocenters. The number of thiophene rings is 4. The molecular formula is C35H25Cl4N6NaO6S4. The SMILES string of the molecule is C.CCOC(=O)c1cnc2ccsc2c1Cl.N#Cc1cnc2ccsc2c1Cl.NC(=O)c1cnc2ccsc2c1Cl.O=C(O)c1cnc2ccsc2c1Cl.[Na+].[OH-]. The maximum absolute atomic E-state index is 11.5. The van der Waals surface area contributed by atoms with Crippen molar-refractivity contribution in [3.8, 4) is 6.07 Å². The van der Waals surface area contributed by atoms with E-state index >= 15 is 0 Å². The number of carbonyl (C=O) groups excluding carboxylic acids is 2. The number of aromatic carboxylic acids is 1. The maximum atomic E-state index is 11.5. The Morgan fingerprint density at radius 2 is 1.05 bits per heavy atom. The van der Waals surface area contributed by atoms with E-state index in [0.717, 1.165) is 40.9 Å². The number of nitriles is 1. The molecule has 8 heterocycles. The van der Waals surface area contributed by atoms with Crippen LogP contribution in [0.15, 0.2) is 70.6 Å². The van der Waals surface area contributed by atoms with Crippen molar-refractivity contribution < 1.29 is 59.3 Å². The average molecular weight is 919 g/mol. The summed E-state index contributed by atoms with van der Waals surface area (Å²) in [4.78, 5) is 49.3. The molecule has 0 atom stereocenters. The minimum absolute atomic E-state index is 0. The van der Waals surface area contributed by atoms with Gasteiger partial charge in [-0.15, -0.1) is 45.3 Å². The fraction of sp³-hybridized carbons (Fsp3) is 0.0857. The van der Waals surface area contributed by atoms with E-state index in [9.17, 15) is 14.4 Å². The van der Waals surface area contributed by atoms with Crippen LogP contribution in [0.2, 0.25) is 20.1 Å². The van der Waals surface area contributed by atoms with Crippen LogP contribution in [0.1, 0.15) is 51.0 Å². The van der Waals surface area contributed by atoms with E-state index < -0.39 is 17.8 Å².